The van der Waals surface area contributed by atoms with E-state index in [1.165, 1.54) is 12.8 Å². The average molecular weight is 403 g/mol. The molecular weight excluding hydrogens is 378 g/mol. The van der Waals surface area contributed by atoms with Crippen LogP contribution in [0.5, 0.6) is 0 Å². The van der Waals surface area contributed by atoms with Gasteiger partial charge in [-0.15, -0.1) is 0 Å². The fraction of sp³-hybridized carbons (Fsp3) is 0.409. The van der Waals surface area contributed by atoms with Crippen LogP contribution in [0.15, 0.2) is 36.7 Å². The summed E-state index contributed by atoms with van der Waals surface area (Å²) in [6.45, 7) is 6.93. The highest BCUT2D eigenvalue weighted by atomic mass is 16.2. The first-order valence-corrected chi connectivity index (χ1v) is 10.5. The Morgan fingerprint density at radius 1 is 0.800 bits per heavy atom. The molecule has 0 saturated carbocycles. The zero-order valence-electron chi connectivity index (χ0n) is 17.2. The van der Waals surface area contributed by atoms with E-state index in [2.05, 4.69) is 35.8 Å². The molecule has 154 valence electrons. The van der Waals surface area contributed by atoms with E-state index in [4.69, 9.17) is 0 Å². The molecule has 0 unspecified atom stereocenters. The van der Waals surface area contributed by atoms with Crippen molar-refractivity contribution in [2.45, 2.75) is 19.8 Å². The second-order valence-corrected chi connectivity index (χ2v) is 7.86. The maximum atomic E-state index is 13.0. The van der Waals surface area contributed by atoms with Gasteiger partial charge in [-0.2, -0.15) is 0 Å². The predicted molar refractivity (Wildman–Crippen MR) is 116 cm³/mol. The number of carbonyl (C=O) groups excluding carboxylic acids is 1. The van der Waals surface area contributed by atoms with Gasteiger partial charge in [0.2, 0.25) is 0 Å². The fourth-order valence-corrected chi connectivity index (χ4v) is 4.22. The Morgan fingerprint density at radius 2 is 1.43 bits per heavy atom. The average Bonchev–Trinajstić information content (AvgIpc) is 3.33. The van der Waals surface area contributed by atoms with Crippen LogP contribution in [0.4, 0.5) is 11.6 Å². The lowest BCUT2D eigenvalue weighted by Gasteiger charge is -2.35. The molecule has 0 spiro atoms. The summed E-state index contributed by atoms with van der Waals surface area (Å²) >= 11 is 0. The number of anilines is 2. The number of hydrogen-bond acceptors (Lipinski definition) is 7. The topological polar surface area (TPSA) is 78.4 Å². The van der Waals surface area contributed by atoms with Gasteiger partial charge in [0.25, 0.3) is 5.91 Å². The van der Waals surface area contributed by atoms with Gasteiger partial charge in [0.05, 0.1) is 11.0 Å². The third-order valence-electron chi connectivity index (χ3n) is 5.85. The SMILES string of the molecule is Cc1nc(N2CCCC2)cc(N2CCN(C(=O)c3ccc4nccnc4c3)CC2)n1. The molecule has 1 aromatic carbocycles. The lowest BCUT2D eigenvalue weighted by Crippen LogP contribution is -2.49. The number of benzene rings is 1. The van der Waals surface area contributed by atoms with Crippen LogP contribution in [0.2, 0.25) is 0 Å². The zero-order valence-corrected chi connectivity index (χ0v) is 17.2. The van der Waals surface area contributed by atoms with E-state index < -0.39 is 0 Å². The minimum atomic E-state index is 0.0406. The Labute approximate surface area is 175 Å². The molecule has 2 aliphatic heterocycles. The molecule has 30 heavy (non-hydrogen) atoms. The first-order chi connectivity index (χ1) is 14.7. The van der Waals surface area contributed by atoms with Crippen LogP contribution < -0.4 is 9.80 Å². The first kappa shape index (κ1) is 18.7. The van der Waals surface area contributed by atoms with Gasteiger partial charge in [0.1, 0.15) is 17.5 Å². The molecular formula is C22H25N7O. The molecule has 8 nitrogen and oxygen atoms in total. The first-order valence-electron chi connectivity index (χ1n) is 10.5. The van der Waals surface area contributed by atoms with E-state index in [1.807, 2.05) is 30.0 Å². The van der Waals surface area contributed by atoms with Gasteiger partial charge in [0, 0.05) is 63.3 Å². The van der Waals surface area contributed by atoms with Crippen molar-refractivity contribution in [1.82, 2.24) is 24.8 Å². The van der Waals surface area contributed by atoms with Crippen LogP contribution in [0.25, 0.3) is 11.0 Å². The molecule has 2 saturated heterocycles. The van der Waals surface area contributed by atoms with Gasteiger partial charge >= 0.3 is 0 Å². The highest BCUT2D eigenvalue weighted by Gasteiger charge is 2.24. The van der Waals surface area contributed by atoms with Crippen LogP contribution in [0.1, 0.15) is 29.0 Å². The van der Waals surface area contributed by atoms with Crippen LogP contribution in [0, 0.1) is 6.92 Å². The van der Waals surface area contributed by atoms with Gasteiger partial charge in [-0.05, 0) is 38.0 Å². The van der Waals surface area contributed by atoms with Crippen molar-refractivity contribution in [3.05, 3.63) is 48.0 Å². The number of rotatable bonds is 3. The highest BCUT2D eigenvalue weighted by Crippen LogP contribution is 2.24. The van der Waals surface area contributed by atoms with E-state index in [1.54, 1.807) is 12.4 Å². The zero-order chi connectivity index (χ0) is 20.5. The van der Waals surface area contributed by atoms with Crippen molar-refractivity contribution in [3.8, 4) is 0 Å². The largest absolute Gasteiger partial charge is 0.356 e. The van der Waals surface area contributed by atoms with Crippen molar-refractivity contribution < 1.29 is 4.79 Å². The minimum absolute atomic E-state index is 0.0406. The maximum absolute atomic E-state index is 13.0. The molecule has 4 heterocycles. The second kappa shape index (κ2) is 7.85. The van der Waals surface area contributed by atoms with E-state index in [0.29, 0.717) is 18.7 Å². The Balaban J connectivity index is 1.28. The van der Waals surface area contributed by atoms with Gasteiger partial charge in [0.15, 0.2) is 0 Å². The monoisotopic (exact) mass is 403 g/mol. The van der Waals surface area contributed by atoms with Crippen LogP contribution >= 0.6 is 0 Å². The van der Waals surface area contributed by atoms with Gasteiger partial charge in [-0.1, -0.05) is 0 Å². The van der Waals surface area contributed by atoms with Crippen molar-refractivity contribution >= 4 is 28.6 Å². The van der Waals surface area contributed by atoms with Gasteiger partial charge in [-0.25, -0.2) is 9.97 Å². The second-order valence-electron chi connectivity index (χ2n) is 7.86. The number of amides is 1. The van der Waals surface area contributed by atoms with E-state index in [0.717, 1.165) is 54.7 Å². The Hall–Kier alpha value is -3.29. The van der Waals surface area contributed by atoms with Crippen molar-refractivity contribution in [2.75, 3.05) is 49.1 Å². The fourth-order valence-electron chi connectivity index (χ4n) is 4.22. The van der Waals surface area contributed by atoms with E-state index in [9.17, 15) is 4.79 Å². The number of hydrogen-bond donors (Lipinski definition) is 0. The third kappa shape index (κ3) is 3.65. The maximum Gasteiger partial charge on any atom is 0.254 e. The summed E-state index contributed by atoms with van der Waals surface area (Å²) in [6, 6.07) is 7.61. The van der Waals surface area contributed by atoms with Gasteiger partial charge < -0.3 is 14.7 Å². The smallest absolute Gasteiger partial charge is 0.254 e. The summed E-state index contributed by atoms with van der Waals surface area (Å²) in [5.41, 5.74) is 2.20. The third-order valence-corrected chi connectivity index (χ3v) is 5.85. The van der Waals surface area contributed by atoms with Crippen molar-refractivity contribution in [3.63, 3.8) is 0 Å². The number of aryl methyl sites for hydroxylation is 1. The summed E-state index contributed by atoms with van der Waals surface area (Å²) in [6.07, 6.45) is 5.75. The minimum Gasteiger partial charge on any atom is -0.356 e. The Morgan fingerprint density at radius 3 is 2.13 bits per heavy atom. The molecule has 0 radical (unpaired) electrons. The molecule has 2 fully saturated rings. The molecule has 0 aliphatic carbocycles. The summed E-state index contributed by atoms with van der Waals surface area (Å²) < 4.78 is 0. The van der Waals surface area contributed by atoms with Gasteiger partial charge in [-0.3, -0.25) is 14.8 Å². The standard InChI is InChI=1S/C22H25N7O/c1-16-25-20(27-8-2-3-9-27)15-21(26-16)28-10-12-29(13-11-28)22(30)17-4-5-18-19(14-17)24-7-6-23-18/h4-7,14-15H,2-3,8-13H2,1H3. The summed E-state index contributed by atoms with van der Waals surface area (Å²) in [7, 11) is 0. The molecule has 8 heteroatoms. The summed E-state index contributed by atoms with van der Waals surface area (Å²) in [4.78, 5) is 37.4. The normalized spacial score (nSPS) is 17.0. The molecule has 0 atom stereocenters. The van der Waals surface area contributed by atoms with Crippen LogP contribution in [-0.2, 0) is 0 Å². The van der Waals surface area contributed by atoms with E-state index >= 15 is 0 Å². The van der Waals surface area contributed by atoms with Crippen LogP contribution in [0.3, 0.4) is 0 Å². The molecule has 2 aliphatic rings. The lowest BCUT2D eigenvalue weighted by molar-refractivity contribution is 0.0746. The number of nitrogens with zero attached hydrogens (tertiary/aromatic N) is 7. The number of piperazine rings is 1. The molecule has 0 N–H and O–H groups in total. The van der Waals surface area contributed by atoms with Crippen molar-refractivity contribution in [1.29, 1.82) is 0 Å². The summed E-state index contributed by atoms with van der Waals surface area (Å²) in [5.74, 6) is 2.81. The highest BCUT2D eigenvalue weighted by molar-refractivity contribution is 5.97. The number of carbonyl (C=O) groups is 1. The quantitative estimate of drug-likeness (QED) is 0.664. The molecule has 2 aromatic heterocycles. The Kier molecular flexibility index (Phi) is 4.90. The van der Waals surface area contributed by atoms with E-state index in [-0.39, 0.29) is 5.91 Å². The predicted octanol–water partition coefficient (Wildman–Crippen LogP) is 2.29. The molecule has 0 bridgehead atoms. The lowest BCUT2D eigenvalue weighted by atomic mass is 10.1. The van der Waals surface area contributed by atoms with Crippen molar-refractivity contribution in [2.24, 2.45) is 0 Å². The molecule has 3 aromatic rings. The number of fused-ring (bicyclic) bond motifs is 1. The Bertz CT molecular complexity index is 1070. The molecule has 1 amide bonds. The number of aromatic nitrogens is 4. The van der Waals surface area contributed by atoms with Crippen LogP contribution in [-0.4, -0.2) is 70.0 Å². The molecule has 5 rings (SSSR count). The summed E-state index contributed by atoms with van der Waals surface area (Å²) in [5, 5.41) is 0.